The van der Waals surface area contributed by atoms with E-state index in [-0.39, 0.29) is 25.1 Å². The largest absolute Gasteiger partial charge is 0.480 e. The minimum Gasteiger partial charge on any atom is -0.480 e. The van der Waals surface area contributed by atoms with Gasteiger partial charge in [0.25, 0.3) is 5.91 Å². The molecule has 3 aromatic carbocycles. The number of sulfone groups is 1. The zero-order valence-electron chi connectivity index (χ0n) is 24.8. The van der Waals surface area contributed by atoms with Gasteiger partial charge in [-0.1, -0.05) is 56.2 Å². The summed E-state index contributed by atoms with van der Waals surface area (Å²) >= 11 is 0. The average Bonchev–Trinajstić information content (AvgIpc) is 3.44. The number of carboxylic acid groups (broad SMARTS) is 1. The number of carbonyl (C=O) groups is 2. The maximum Gasteiger partial charge on any atom is 0.326 e. The Morgan fingerprint density at radius 3 is 2.44 bits per heavy atom. The lowest BCUT2D eigenvalue weighted by Gasteiger charge is -2.20. The van der Waals surface area contributed by atoms with Crippen molar-refractivity contribution < 1.29 is 37.3 Å². The van der Waals surface area contributed by atoms with Crippen LogP contribution in [0.4, 0.5) is 0 Å². The highest BCUT2D eigenvalue weighted by Gasteiger charge is 2.24. The number of hydrogen-bond acceptors (Lipinski definition) is 7. The van der Waals surface area contributed by atoms with E-state index in [2.05, 4.69) is 12.2 Å². The average molecular weight is 610 g/mol. The summed E-state index contributed by atoms with van der Waals surface area (Å²) in [6.07, 6.45) is 4.44. The normalized spacial score (nSPS) is 13.8. The van der Waals surface area contributed by atoms with Crippen LogP contribution >= 0.6 is 0 Å². The van der Waals surface area contributed by atoms with E-state index in [1.807, 2.05) is 55.5 Å². The van der Waals surface area contributed by atoms with Crippen LogP contribution in [0.15, 0.2) is 60.7 Å². The van der Waals surface area contributed by atoms with Crippen molar-refractivity contribution in [1.29, 1.82) is 0 Å². The Kier molecular flexibility index (Phi) is 10.8. The summed E-state index contributed by atoms with van der Waals surface area (Å²) in [6, 6.07) is 17.6. The third-order valence-electron chi connectivity index (χ3n) is 7.41. The lowest BCUT2D eigenvalue weighted by Crippen LogP contribution is -2.42. The number of nitrogens with one attached hydrogen (secondary N) is 1. The quantitative estimate of drug-likeness (QED) is 0.237. The number of ether oxygens (including phenoxy) is 3. The van der Waals surface area contributed by atoms with Crippen LogP contribution in [0.5, 0.6) is 11.5 Å². The molecule has 230 valence electrons. The van der Waals surface area contributed by atoms with E-state index in [0.717, 1.165) is 59.3 Å². The predicted molar refractivity (Wildman–Crippen MR) is 164 cm³/mol. The number of benzene rings is 3. The summed E-state index contributed by atoms with van der Waals surface area (Å²) in [4.78, 5) is 25.2. The van der Waals surface area contributed by atoms with Crippen LogP contribution in [0.3, 0.4) is 0 Å². The first-order valence-electron chi connectivity index (χ1n) is 14.4. The Bertz CT molecular complexity index is 1550. The van der Waals surface area contributed by atoms with E-state index in [1.54, 1.807) is 12.1 Å². The zero-order valence-corrected chi connectivity index (χ0v) is 25.6. The summed E-state index contributed by atoms with van der Waals surface area (Å²) in [5.41, 5.74) is 4.69. The van der Waals surface area contributed by atoms with Crippen molar-refractivity contribution in [3.8, 4) is 22.6 Å². The molecule has 0 saturated carbocycles. The molecule has 1 heterocycles. The standard InChI is InChI=1S/C33H39NO8S/c1-4-5-9-25(17-23-12-14-30-31(19-23)42-21-41-30)40-20-24-11-13-27(28(18-24)26-10-7-6-8-22(26)2)32(35)34-29(33(36)37)15-16-43(3,38)39/h6-8,10-14,18-19,25,29H,4-5,9,15-17,20-21H2,1-3H3,(H,34,35)(H,36,37)/t25-,29+/m1/s1. The van der Waals surface area contributed by atoms with Crippen LogP contribution in [0, 0.1) is 6.92 Å². The van der Waals surface area contributed by atoms with Crippen molar-refractivity contribution in [1.82, 2.24) is 5.32 Å². The highest BCUT2D eigenvalue weighted by Crippen LogP contribution is 2.33. The van der Waals surface area contributed by atoms with Gasteiger partial charge in [0.2, 0.25) is 6.79 Å². The van der Waals surface area contributed by atoms with Crippen molar-refractivity contribution in [3.63, 3.8) is 0 Å². The Hall–Kier alpha value is -3.89. The van der Waals surface area contributed by atoms with Crippen molar-refractivity contribution in [3.05, 3.63) is 82.9 Å². The van der Waals surface area contributed by atoms with E-state index in [9.17, 15) is 23.1 Å². The third kappa shape index (κ3) is 9.05. The molecule has 0 unspecified atom stereocenters. The van der Waals surface area contributed by atoms with Gasteiger partial charge in [0, 0.05) is 11.8 Å². The number of unbranched alkanes of at least 4 members (excludes halogenated alkanes) is 1. The van der Waals surface area contributed by atoms with Gasteiger partial charge in [0.15, 0.2) is 11.5 Å². The van der Waals surface area contributed by atoms with Gasteiger partial charge >= 0.3 is 5.97 Å². The fourth-order valence-corrected chi connectivity index (χ4v) is 5.69. The second-order valence-electron chi connectivity index (χ2n) is 10.9. The van der Waals surface area contributed by atoms with Crippen molar-refractivity contribution in [2.45, 2.75) is 64.7 Å². The molecule has 0 radical (unpaired) electrons. The zero-order chi connectivity index (χ0) is 31.0. The smallest absolute Gasteiger partial charge is 0.326 e. The van der Waals surface area contributed by atoms with Crippen LogP contribution in [-0.2, 0) is 32.4 Å². The molecule has 0 bridgehead atoms. The summed E-state index contributed by atoms with van der Waals surface area (Å²) in [5.74, 6) is -0.746. The molecule has 0 aromatic heterocycles. The maximum absolute atomic E-state index is 13.4. The second kappa shape index (κ2) is 14.5. The second-order valence-corrected chi connectivity index (χ2v) is 13.2. The minimum absolute atomic E-state index is 0.0311. The van der Waals surface area contributed by atoms with E-state index >= 15 is 0 Å². The molecule has 43 heavy (non-hydrogen) atoms. The van der Waals surface area contributed by atoms with Gasteiger partial charge in [-0.3, -0.25) is 4.79 Å². The molecule has 0 spiro atoms. The van der Waals surface area contributed by atoms with Crippen molar-refractivity contribution >= 4 is 21.7 Å². The Morgan fingerprint density at radius 2 is 1.72 bits per heavy atom. The Balaban J connectivity index is 1.56. The molecule has 2 atom stereocenters. The summed E-state index contributed by atoms with van der Waals surface area (Å²) < 4.78 is 40.6. The summed E-state index contributed by atoms with van der Waals surface area (Å²) in [5, 5.41) is 12.2. The number of aryl methyl sites for hydroxylation is 1. The highest BCUT2D eigenvalue weighted by atomic mass is 32.2. The molecular weight excluding hydrogens is 570 g/mol. The molecule has 4 rings (SSSR count). The van der Waals surface area contributed by atoms with Crippen LogP contribution in [0.1, 0.15) is 59.7 Å². The molecule has 0 fully saturated rings. The minimum atomic E-state index is -3.40. The van der Waals surface area contributed by atoms with Gasteiger partial charge in [-0.15, -0.1) is 0 Å². The van der Waals surface area contributed by atoms with Crippen LogP contribution in [0.25, 0.3) is 11.1 Å². The first kappa shape index (κ1) is 32.0. The van der Waals surface area contributed by atoms with Gasteiger partial charge < -0.3 is 24.6 Å². The molecule has 1 amide bonds. The Morgan fingerprint density at radius 1 is 0.977 bits per heavy atom. The SMILES string of the molecule is CCCC[C@H](Cc1ccc2c(c1)OCO2)OCc1ccc(C(=O)N[C@@H](CCS(C)(=O)=O)C(=O)O)c(-c2ccccc2C)c1. The molecule has 0 saturated heterocycles. The third-order valence-corrected chi connectivity index (χ3v) is 8.39. The van der Waals surface area contributed by atoms with Crippen molar-refractivity contribution in [2.75, 3.05) is 18.8 Å². The molecule has 9 nitrogen and oxygen atoms in total. The number of carbonyl (C=O) groups excluding carboxylic acids is 1. The Labute approximate surface area is 253 Å². The molecule has 3 aromatic rings. The van der Waals surface area contributed by atoms with Gasteiger partial charge in [0.1, 0.15) is 15.9 Å². The number of amides is 1. The monoisotopic (exact) mass is 609 g/mol. The fraction of sp³-hybridized carbons (Fsp3) is 0.394. The van der Waals surface area contributed by atoms with Gasteiger partial charge in [-0.25, -0.2) is 13.2 Å². The number of rotatable bonds is 15. The highest BCUT2D eigenvalue weighted by molar-refractivity contribution is 7.90. The number of carboxylic acids is 1. The van der Waals surface area contributed by atoms with E-state index in [1.165, 1.54) is 0 Å². The van der Waals surface area contributed by atoms with E-state index < -0.39 is 27.8 Å². The lowest BCUT2D eigenvalue weighted by molar-refractivity contribution is -0.139. The van der Waals surface area contributed by atoms with Crippen LogP contribution in [-0.4, -0.2) is 56.3 Å². The molecule has 0 aliphatic carbocycles. The van der Waals surface area contributed by atoms with Crippen LogP contribution in [0.2, 0.25) is 0 Å². The number of fused-ring (bicyclic) bond motifs is 1. The van der Waals surface area contributed by atoms with E-state index in [0.29, 0.717) is 24.2 Å². The molecule has 1 aliphatic rings. The molecule has 10 heteroatoms. The number of aliphatic carboxylic acids is 1. The topological polar surface area (TPSA) is 128 Å². The maximum atomic E-state index is 13.4. The number of hydrogen-bond donors (Lipinski definition) is 2. The lowest BCUT2D eigenvalue weighted by atomic mass is 9.93. The molecule has 1 aliphatic heterocycles. The summed E-state index contributed by atoms with van der Waals surface area (Å²) in [6.45, 7) is 4.64. The first-order chi connectivity index (χ1) is 20.5. The summed E-state index contributed by atoms with van der Waals surface area (Å²) in [7, 11) is -3.40. The van der Waals surface area contributed by atoms with Gasteiger partial charge in [0.05, 0.1) is 18.5 Å². The van der Waals surface area contributed by atoms with Crippen LogP contribution < -0.4 is 14.8 Å². The fourth-order valence-electron chi connectivity index (χ4n) is 5.02. The van der Waals surface area contributed by atoms with E-state index in [4.69, 9.17) is 14.2 Å². The van der Waals surface area contributed by atoms with Gasteiger partial charge in [-0.05, 0) is 78.3 Å². The first-order valence-corrected chi connectivity index (χ1v) is 16.5. The van der Waals surface area contributed by atoms with Crippen molar-refractivity contribution in [2.24, 2.45) is 0 Å². The predicted octanol–water partition coefficient (Wildman–Crippen LogP) is 5.33. The molecular formula is C33H39NO8S. The van der Waals surface area contributed by atoms with Gasteiger partial charge in [-0.2, -0.15) is 0 Å². The molecule has 2 N–H and O–H groups in total.